The molecule has 3 aromatic carbocycles. The maximum atomic E-state index is 13.0. The van der Waals surface area contributed by atoms with E-state index in [1.165, 1.54) is 12.1 Å². The quantitative estimate of drug-likeness (QED) is 0.658. The lowest BCUT2D eigenvalue weighted by Gasteiger charge is -2.19. The van der Waals surface area contributed by atoms with Gasteiger partial charge in [-0.3, -0.25) is 9.52 Å². The van der Waals surface area contributed by atoms with Crippen LogP contribution in [0.4, 0.5) is 5.69 Å². The van der Waals surface area contributed by atoms with Crippen LogP contribution in [0, 0.1) is 13.8 Å². The van der Waals surface area contributed by atoms with Crippen LogP contribution in [0.3, 0.4) is 0 Å². The van der Waals surface area contributed by atoms with E-state index in [1.807, 2.05) is 49.4 Å². The molecule has 0 radical (unpaired) electrons. The lowest BCUT2D eigenvalue weighted by atomic mass is 10.1. The van der Waals surface area contributed by atoms with Gasteiger partial charge >= 0.3 is 0 Å². The van der Waals surface area contributed by atoms with Crippen molar-refractivity contribution in [2.45, 2.75) is 25.3 Å². The fraction of sp³-hybridized carbons (Fsp3) is 0.174. The van der Waals surface area contributed by atoms with Crippen molar-refractivity contribution >= 4 is 21.6 Å². The Morgan fingerprint density at radius 1 is 0.931 bits per heavy atom. The summed E-state index contributed by atoms with van der Waals surface area (Å²) in [6, 6.07) is 21.4. The molecule has 0 fully saturated rings. The molecule has 29 heavy (non-hydrogen) atoms. The highest BCUT2D eigenvalue weighted by Crippen LogP contribution is 2.21. The molecule has 0 unspecified atom stereocenters. The van der Waals surface area contributed by atoms with Crippen molar-refractivity contribution in [1.82, 2.24) is 4.90 Å². The zero-order valence-corrected chi connectivity index (χ0v) is 17.5. The first kappa shape index (κ1) is 20.6. The van der Waals surface area contributed by atoms with Crippen molar-refractivity contribution in [1.29, 1.82) is 0 Å². The smallest absolute Gasteiger partial charge is 0.261 e. The fourth-order valence-electron chi connectivity index (χ4n) is 2.97. The molecule has 0 atom stereocenters. The van der Waals surface area contributed by atoms with Crippen LogP contribution in [0.15, 0.2) is 77.7 Å². The van der Waals surface area contributed by atoms with Gasteiger partial charge in [0.1, 0.15) is 0 Å². The Hall–Kier alpha value is -3.12. The molecule has 0 bridgehead atoms. The summed E-state index contributed by atoms with van der Waals surface area (Å²) in [7, 11) is -2.10. The topological polar surface area (TPSA) is 66.5 Å². The predicted octanol–water partition coefficient (Wildman–Crippen LogP) is 4.38. The molecule has 5 nitrogen and oxygen atoms in total. The standard InChI is InChI=1S/C23H24N2O3S/c1-17-9-12-20(13-10-17)24-29(27,28)21-14-11-18(2)22(15-21)23(26)25(3)16-19-7-5-4-6-8-19/h4-15,24H,16H2,1-3H3. The van der Waals surface area contributed by atoms with Crippen molar-refractivity contribution in [3.05, 3.63) is 95.1 Å². The SMILES string of the molecule is Cc1ccc(NS(=O)(=O)c2ccc(C)c(C(=O)N(C)Cc3ccccc3)c2)cc1. The maximum Gasteiger partial charge on any atom is 0.261 e. The van der Waals surface area contributed by atoms with Gasteiger partial charge in [-0.05, 0) is 49.2 Å². The van der Waals surface area contributed by atoms with E-state index in [4.69, 9.17) is 0 Å². The van der Waals surface area contributed by atoms with Gasteiger partial charge in [-0.15, -0.1) is 0 Å². The number of amides is 1. The minimum Gasteiger partial charge on any atom is -0.337 e. The van der Waals surface area contributed by atoms with E-state index < -0.39 is 10.0 Å². The first-order valence-electron chi connectivity index (χ1n) is 9.26. The number of carbonyl (C=O) groups is 1. The first-order chi connectivity index (χ1) is 13.8. The third kappa shape index (κ3) is 5.03. The lowest BCUT2D eigenvalue weighted by molar-refractivity contribution is 0.0784. The predicted molar refractivity (Wildman–Crippen MR) is 115 cm³/mol. The number of hydrogen-bond donors (Lipinski definition) is 1. The second kappa shape index (κ2) is 8.49. The van der Waals surface area contributed by atoms with E-state index in [-0.39, 0.29) is 10.8 Å². The number of rotatable bonds is 6. The van der Waals surface area contributed by atoms with Crippen LogP contribution < -0.4 is 4.72 Å². The number of anilines is 1. The highest BCUT2D eigenvalue weighted by molar-refractivity contribution is 7.92. The number of aryl methyl sites for hydroxylation is 2. The van der Waals surface area contributed by atoms with Gasteiger partial charge in [0.15, 0.2) is 0 Å². The molecular weight excluding hydrogens is 384 g/mol. The summed E-state index contributed by atoms with van der Waals surface area (Å²) >= 11 is 0. The maximum absolute atomic E-state index is 13.0. The van der Waals surface area contributed by atoms with Crippen molar-refractivity contribution in [3.8, 4) is 0 Å². The number of nitrogens with one attached hydrogen (secondary N) is 1. The molecule has 0 aromatic heterocycles. The van der Waals surface area contributed by atoms with E-state index in [1.54, 1.807) is 37.1 Å². The van der Waals surface area contributed by atoms with Gasteiger partial charge in [-0.25, -0.2) is 8.42 Å². The van der Waals surface area contributed by atoms with Crippen LogP contribution in [0.5, 0.6) is 0 Å². The Balaban J connectivity index is 1.84. The van der Waals surface area contributed by atoms with Crippen molar-refractivity contribution < 1.29 is 13.2 Å². The number of benzene rings is 3. The van der Waals surface area contributed by atoms with E-state index in [0.29, 0.717) is 17.8 Å². The van der Waals surface area contributed by atoms with Crippen LogP contribution in [0.25, 0.3) is 0 Å². The van der Waals surface area contributed by atoms with Crippen molar-refractivity contribution in [2.75, 3.05) is 11.8 Å². The minimum atomic E-state index is -3.80. The van der Waals surface area contributed by atoms with Gasteiger partial charge in [0.2, 0.25) is 0 Å². The van der Waals surface area contributed by atoms with Crippen LogP contribution in [-0.2, 0) is 16.6 Å². The summed E-state index contributed by atoms with van der Waals surface area (Å²) in [5.74, 6) is -0.223. The van der Waals surface area contributed by atoms with Crippen LogP contribution in [0.2, 0.25) is 0 Å². The monoisotopic (exact) mass is 408 g/mol. The summed E-state index contributed by atoms with van der Waals surface area (Å²) in [4.78, 5) is 14.6. The van der Waals surface area contributed by atoms with Crippen LogP contribution in [-0.4, -0.2) is 26.3 Å². The summed E-state index contributed by atoms with van der Waals surface area (Å²) in [6.45, 7) is 4.17. The normalized spacial score (nSPS) is 11.1. The molecule has 0 aliphatic rings. The summed E-state index contributed by atoms with van der Waals surface area (Å²) in [5, 5.41) is 0. The minimum absolute atomic E-state index is 0.0557. The molecule has 1 N–H and O–H groups in total. The molecule has 0 heterocycles. The molecule has 1 amide bonds. The Bertz CT molecular complexity index is 1110. The zero-order chi connectivity index (χ0) is 21.0. The Labute approximate surface area is 172 Å². The Morgan fingerprint density at radius 2 is 1.59 bits per heavy atom. The third-order valence-electron chi connectivity index (χ3n) is 4.66. The van der Waals surface area contributed by atoms with Crippen LogP contribution >= 0.6 is 0 Å². The molecule has 0 aliphatic carbocycles. The van der Waals surface area contributed by atoms with Crippen LogP contribution in [0.1, 0.15) is 27.0 Å². The summed E-state index contributed by atoms with van der Waals surface area (Å²) < 4.78 is 28.2. The third-order valence-corrected chi connectivity index (χ3v) is 6.04. The molecule has 150 valence electrons. The van der Waals surface area contributed by atoms with E-state index in [0.717, 1.165) is 16.7 Å². The van der Waals surface area contributed by atoms with E-state index in [2.05, 4.69) is 4.72 Å². The molecular formula is C23H24N2O3S. The van der Waals surface area contributed by atoms with Gasteiger partial charge in [0.25, 0.3) is 15.9 Å². The second-order valence-electron chi connectivity index (χ2n) is 7.10. The number of carbonyl (C=O) groups excluding carboxylic acids is 1. The number of nitrogens with zero attached hydrogens (tertiary/aromatic N) is 1. The molecule has 0 saturated heterocycles. The van der Waals surface area contributed by atoms with Gasteiger partial charge in [-0.2, -0.15) is 0 Å². The van der Waals surface area contributed by atoms with Gasteiger partial charge in [0, 0.05) is 24.8 Å². The number of sulfonamides is 1. The highest BCUT2D eigenvalue weighted by Gasteiger charge is 2.20. The van der Waals surface area contributed by atoms with Gasteiger partial charge in [0.05, 0.1) is 4.90 Å². The van der Waals surface area contributed by atoms with Crippen molar-refractivity contribution in [2.24, 2.45) is 0 Å². The van der Waals surface area contributed by atoms with E-state index >= 15 is 0 Å². The molecule has 6 heteroatoms. The van der Waals surface area contributed by atoms with Gasteiger partial charge in [-0.1, -0.05) is 54.1 Å². The second-order valence-corrected chi connectivity index (χ2v) is 8.78. The molecule has 0 aliphatic heterocycles. The number of hydrogen-bond acceptors (Lipinski definition) is 3. The Morgan fingerprint density at radius 3 is 2.24 bits per heavy atom. The summed E-state index contributed by atoms with van der Waals surface area (Å²) in [5.41, 5.74) is 3.62. The molecule has 3 rings (SSSR count). The fourth-order valence-corrected chi connectivity index (χ4v) is 4.05. The molecule has 0 spiro atoms. The molecule has 0 saturated carbocycles. The lowest BCUT2D eigenvalue weighted by Crippen LogP contribution is -2.27. The van der Waals surface area contributed by atoms with Crippen molar-refractivity contribution in [3.63, 3.8) is 0 Å². The highest BCUT2D eigenvalue weighted by atomic mass is 32.2. The largest absolute Gasteiger partial charge is 0.337 e. The first-order valence-corrected chi connectivity index (χ1v) is 10.7. The van der Waals surface area contributed by atoms with Gasteiger partial charge < -0.3 is 4.90 Å². The zero-order valence-electron chi connectivity index (χ0n) is 16.7. The molecule has 3 aromatic rings. The summed E-state index contributed by atoms with van der Waals surface area (Å²) in [6.07, 6.45) is 0. The average Bonchev–Trinajstić information content (AvgIpc) is 2.70. The Kier molecular flexibility index (Phi) is 6.03. The average molecular weight is 409 g/mol. The van der Waals surface area contributed by atoms with E-state index in [9.17, 15) is 13.2 Å².